The van der Waals surface area contributed by atoms with E-state index in [9.17, 15) is 9.59 Å². The van der Waals surface area contributed by atoms with Crippen LogP contribution in [0.4, 0.5) is 11.8 Å². The van der Waals surface area contributed by atoms with E-state index in [1.807, 2.05) is 0 Å². The standard InChI is InChI=1S/C26H35N7.C4H4O4/c1-2-8-21(9-3-1)23-20-22-24(31-12-4-5-13-31)28-26(32-14-6-7-15-32)29-25(22)33(23)19-18-30-16-10-27-11-17-30;5-3(6)1-2-4(7)8/h1-3,8-9,20,27H,4-7,10-19H2;1-2H,(H,5,6)(H,7,8)/b;2-1-. The fourth-order valence-electron chi connectivity index (χ4n) is 5.72. The molecular formula is C30H39N7O4. The van der Waals surface area contributed by atoms with Crippen molar-refractivity contribution in [2.45, 2.75) is 32.2 Å². The van der Waals surface area contributed by atoms with Crippen LogP contribution in [0.1, 0.15) is 25.7 Å². The van der Waals surface area contributed by atoms with E-state index in [-0.39, 0.29) is 0 Å². The number of hydrogen-bond acceptors (Lipinski definition) is 8. The minimum atomic E-state index is -1.26. The first-order valence-electron chi connectivity index (χ1n) is 14.5. The Kier molecular flexibility index (Phi) is 9.48. The van der Waals surface area contributed by atoms with Crippen LogP contribution < -0.4 is 15.1 Å². The molecule has 0 radical (unpaired) electrons. The largest absolute Gasteiger partial charge is 0.478 e. The molecule has 0 saturated carbocycles. The van der Waals surface area contributed by atoms with Crippen LogP contribution in [-0.2, 0) is 16.1 Å². The number of aliphatic carboxylic acids is 2. The van der Waals surface area contributed by atoms with E-state index in [0.29, 0.717) is 12.2 Å². The first-order valence-corrected chi connectivity index (χ1v) is 14.5. The van der Waals surface area contributed by atoms with Crippen molar-refractivity contribution in [2.24, 2.45) is 0 Å². The van der Waals surface area contributed by atoms with Crippen molar-refractivity contribution in [3.8, 4) is 11.3 Å². The molecule has 6 rings (SSSR count). The first kappa shape index (κ1) is 28.6. The number of carbonyl (C=O) groups is 2. The first-order chi connectivity index (χ1) is 20.0. The third kappa shape index (κ3) is 7.22. The van der Waals surface area contributed by atoms with Gasteiger partial charge in [-0.3, -0.25) is 4.90 Å². The molecule has 3 aliphatic heterocycles. The van der Waals surface area contributed by atoms with Crippen molar-refractivity contribution in [1.29, 1.82) is 0 Å². The van der Waals surface area contributed by atoms with Crippen LogP contribution in [-0.4, -0.2) is 100 Å². The molecule has 3 fully saturated rings. The maximum absolute atomic E-state index is 9.55. The van der Waals surface area contributed by atoms with Gasteiger partial charge in [-0.05, 0) is 37.3 Å². The monoisotopic (exact) mass is 561 g/mol. The topological polar surface area (TPSA) is 127 Å². The van der Waals surface area contributed by atoms with Crippen molar-refractivity contribution < 1.29 is 19.8 Å². The summed E-state index contributed by atoms with van der Waals surface area (Å²) < 4.78 is 2.47. The van der Waals surface area contributed by atoms with Gasteiger partial charge in [0.1, 0.15) is 11.5 Å². The molecule has 0 unspecified atom stereocenters. The summed E-state index contributed by atoms with van der Waals surface area (Å²) in [5.74, 6) is -0.458. The quantitative estimate of drug-likeness (QED) is 0.353. The second kappa shape index (κ2) is 13.6. The summed E-state index contributed by atoms with van der Waals surface area (Å²) >= 11 is 0. The fraction of sp³-hybridized carbons (Fsp3) is 0.467. The van der Waals surface area contributed by atoms with Crippen LogP contribution in [0.25, 0.3) is 22.3 Å². The highest BCUT2D eigenvalue weighted by Gasteiger charge is 2.25. The van der Waals surface area contributed by atoms with Gasteiger partial charge in [0.2, 0.25) is 5.95 Å². The Morgan fingerprint density at radius 3 is 2.02 bits per heavy atom. The lowest BCUT2D eigenvalue weighted by Crippen LogP contribution is -2.44. The van der Waals surface area contributed by atoms with Crippen LogP contribution in [0, 0.1) is 0 Å². The molecule has 0 amide bonds. The average molecular weight is 562 g/mol. The number of carboxylic acid groups (broad SMARTS) is 2. The summed E-state index contributed by atoms with van der Waals surface area (Å²) in [7, 11) is 0. The summed E-state index contributed by atoms with van der Waals surface area (Å²) in [6, 6.07) is 13.2. The molecular weight excluding hydrogens is 522 g/mol. The van der Waals surface area contributed by atoms with Gasteiger partial charge in [0.25, 0.3) is 0 Å². The molecule has 11 nitrogen and oxygen atoms in total. The smallest absolute Gasteiger partial charge is 0.328 e. The Balaban J connectivity index is 0.000000372. The number of hydrogen-bond donors (Lipinski definition) is 3. The van der Waals surface area contributed by atoms with E-state index in [0.717, 1.165) is 82.9 Å². The van der Waals surface area contributed by atoms with Gasteiger partial charge in [0, 0.05) is 77.6 Å². The molecule has 3 aromatic rings. The second-order valence-corrected chi connectivity index (χ2v) is 10.6. The number of anilines is 2. The number of aromatic nitrogens is 3. The van der Waals surface area contributed by atoms with E-state index in [4.69, 9.17) is 20.2 Å². The molecule has 0 aliphatic carbocycles. The molecule has 5 heterocycles. The Morgan fingerprint density at radius 2 is 1.41 bits per heavy atom. The van der Waals surface area contributed by atoms with Crippen molar-refractivity contribution in [1.82, 2.24) is 24.8 Å². The van der Waals surface area contributed by atoms with E-state index in [1.54, 1.807) is 0 Å². The number of carboxylic acids is 2. The van der Waals surface area contributed by atoms with Gasteiger partial charge < -0.3 is 29.9 Å². The highest BCUT2D eigenvalue weighted by Crippen LogP contribution is 2.35. The molecule has 1 aromatic carbocycles. The van der Waals surface area contributed by atoms with Gasteiger partial charge in [0.15, 0.2) is 0 Å². The second-order valence-electron chi connectivity index (χ2n) is 10.6. The number of fused-ring (bicyclic) bond motifs is 1. The Labute approximate surface area is 240 Å². The summed E-state index contributed by atoms with van der Waals surface area (Å²) in [4.78, 5) is 36.9. The molecule has 0 bridgehead atoms. The summed E-state index contributed by atoms with van der Waals surface area (Å²) in [5.41, 5.74) is 3.61. The van der Waals surface area contributed by atoms with Crippen molar-refractivity contribution in [3.63, 3.8) is 0 Å². The molecule has 3 saturated heterocycles. The van der Waals surface area contributed by atoms with Gasteiger partial charge in [0.05, 0.1) is 11.1 Å². The van der Waals surface area contributed by atoms with Crippen LogP contribution in [0.15, 0.2) is 48.6 Å². The van der Waals surface area contributed by atoms with E-state index < -0.39 is 11.9 Å². The normalized spacial score (nSPS) is 17.8. The predicted octanol–water partition coefficient (Wildman–Crippen LogP) is 2.92. The minimum Gasteiger partial charge on any atom is -0.478 e. The fourth-order valence-corrected chi connectivity index (χ4v) is 5.72. The molecule has 2 aromatic heterocycles. The lowest BCUT2D eigenvalue weighted by Gasteiger charge is -2.27. The Hall–Kier alpha value is -3.96. The molecule has 3 N–H and O–H groups in total. The van der Waals surface area contributed by atoms with Gasteiger partial charge in [-0.15, -0.1) is 0 Å². The van der Waals surface area contributed by atoms with Crippen LogP contribution in [0.5, 0.6) is 0 Å². The van der Waals surface area contributed by atoms with Crippen molar-refractivity contribution >= 4 is 34.7 Å². The third-order valence-corrected chi connectivity index (χ3v) is 7.80. The molecule has 11 heteroatoms. The number of benzene rings is 1. The number of nitrogens with one attached hydrogen (secondary N) is 1. The van der Waals surface area contributed by atoms with E-state index >= 15 is 0 Å². The van der Waals surface area contributed by atoms with Gasteiger partial charge in [-0.1, -0.05) is 30.3 Å². The zero-order valence-electron chi connectivity index (χ0n) is 23.4. The SMILES string of the molecule is O=C(O)/C=C\C(=O)O.c1ccc(-c2cc3c(N4CCCC4)nc(N4CCCC4)nc3n2CCN2CCNCC2)cc1. The Morgan fingerprint density at radius 1 is 0.805 bits per heavy atom. The predicted molar refractivity (Wildman–Crippen MR) is 160 cm³/mol. The molecule has 3 aliphatic rings. The van der Waals surface area contributed by atoms with Crippen LogP contribution >= 0.6 is 0 Å². The third-order valence-electron chi connectivity index (χ3n) is 7.80. The number of rotatable bonds is 8. The van der Waals surface area contributed by atoms with Gasteiger partial charge >= 0.3 is 11.9 Å². The highest BCUT2D eigenvalue weighted by atomic mass is 16.4. The molecule has 218 valence electrons. The summed E-state index contributed by atoms with van der Waals surface area (Å²) in [5, 5.41) is 20.3. The lowest BCUT2D eigenvalue weighted by molar-refractivity contribution is -0.134. The van der Waals surface area contributed by atoms with Crippen molar-refractivity contribution in [2.75, 3.05) is 68.7 Å². The number of nitrogens with zero attached hydrogens (tertiary/aromatic N) is 6. The molecule has 0 atom stereocenters. The summed E-state index contributed by atoms with van der Waals surface area (Å²) in [6.45, 7) is 10.7. The van der Waals surface area contributed by atoms with E-state index in [2.05, 4.69) is 61.0 Å². The minimum absolute atomic E-state index is 0.558. The number of piperazine rings is 1. The lowest BCUT2D eigenvalue weighted by atomic mass is 10.1. The highest BCUT2D eigenvalue weighted by molar-refractivity contribution is 5.94. The van der Waals surface area contributed by atoms with Gasteiger partial charge in [-0.25, -0.2) is 9.59 Å². The molecule has 41 heavy (non-hydrogen) atoms. The van der Waals surface area contributed by atoms with Crippen LogP contribution in [0.2, 0.25) is 0 Å². The summed E-state index contributed by atoms with van der Waals surface area (Å²) in [6.07, 6.45) is 6.09. The van der Waals surface area contributed by atoms with E-state index in [1.165, 1.54) is 42.3 Å². The van der Waals surface area contributed by atoms with Gasteiger partial charge in [-0.2, -0.15) is 9.97 Å². The zero-order chi connectivity index (χ0) is 28.6. The maximum atomic E-state index is 9.55. The van der Waals surface area contributed by atoms with Crippen LogP contribution in [0.3, 0.4) is 0 Å². The van der Waals surface area contributed by atoms with Crippen molar-refractivity contribution in [3.05, 3.63) is 48.6 Å². The average Bonchev–Trinajstić information content (AvgIpc) is 3.78. The Bertz CT molecular complexity index is 1340. The zero-order valence-corrected chi connectivity index (χ0v) is 23.4. The molecule has 0 spiro atoms. The maximum Gasteiger partial charge on any atom is 0.328 e.